The van der Waals surface area contributed by atoms with Crippen LogP contribution in [-0.4, -0.2) is 33.5 Å². The van der Waals surface area contributed by atoms with Gasteiger partial charge in [-0.05, 0) is 42.5 Å². The van der Waals surface area contributed by atoms with Crippen LogP contribution in [0.5, 0.6) is 0 Å². The molecule has 0 aliphatic heterocycles. The molecule has 2 aromatic heterocycles. The zero-order valence-corrected chi connectivity index (χ0v) is 16.8. The van der Waals surface area contributed by atoms with E-state index in [0.29, 0.717) is 34.6 Å². The Hall–Kier alpha value is -3.09. The molecule has 8 heteroatoms. The number of hydrogen-bond donors (Lipinski definition) is 2. The molecule has 0 saturated heterocycles. The van der Waals surface area contributed by atoms with Crippen LogP contribution < -0.4 is 10.6 Å². The average molecular weight is 426 g/mol. The lowest BCUT2D eigenvalue weighted by atomic mass is 10.1. The lowest BCUT2D eigenvalue weighted by molar-refractivity contribution is 0.0956. The SMILES string of the molecule is O=C(NCCNc1ccc(Cl)cc1)c1cn(-c2ncccn2)c2cc(Cl)ccc12. The van der Waals surface area contributed by atoms with Crippen LogP contribution in [0, 0.1) is 0 Å². The van der Waals surface area contributed by atoms with Gasteiger partial charge in [0.2, 0.25) is 5.95 Å². The number of nitrogens with zero attached hydrogens (tertiary/aromatic N) is 3. The number of rotatable bonds is 6. The van der Waals surface area contributed by atoms with E-state index in [-0.39, 0.29) is 5.91 Å². The first-order valence-corrected chi connectivity index (χ1v) is 9.73. The Morgan fingerprint density at radius 2 is 1.69 bits per heavy atom. The molecular formula is C21H17Cl2N5O. The highest BCUT2D eigenvalue weighted by atomic mass is 35.5. The molecule has 0 spiro atoms. The summed E-state index contributed by atoms with van der Waals surface area (Å²) in [6.45, 7) is 1.04. The minimum atomic E-state index is -0.176. The molecule has 6 nitrogen and oxygen atoms in total. The van der Waals surface area contributed by atoms with Gasteiger partial charge in [0.1, 0.15) is 0 Å². The maximum absolute atomic E-state index is 12.8. The number of carbonyl (C=O) groups excluding carboxylic acids is 1. The Labute approximate surface area is 177 Å². The Kier molecular flexibility index (Phi) is 5.64. The van der Waals surface area contributed by atoms with Gasteiger partial charge in [-0.1, -0.05) is 29.3 Å². The van der Waals surface area contributed by atoms with Gasteiger partial charge in [-0.2, -0.15) is 0 Å². The normalized spacial score (nSPS) is 10.8. The number of hydrogen-bond acceptors (Lipinski definition) is 4. The summed E-state index contributed by atoms with van der Waals surface area (Å²) in [5, 5.41) is 8.22. The van der Waals surface area contributed by atoms with Gasteiger partial charge in [-0.3, -0.25) is 9.36 Å². The average Bonchev–Trinajstić information content (AvgIpc) is 3.12. The van der Waals surface area contributed by atoms with Crippen molar-refractivity contribution in [1.29, 1.82) is 0 Å². The third-order valence-corrected chi connectivity index (χ3v) is 4.85. The largest absolute Gasteiger partial charge is 0.383 e. The lowest BCUT2D eigenvalue weighted by Gasteiger charge is -2.08. The third-order valence-electron chi connectivity index (χ3n) is 4.36. The number of aromatic nitrogens is 3. The molecule has 0 bridgehead atoms. The molecule has 2 heterocycles. The first kappa shape index (κ1) is 19.2. The van der Waals surface area contributed by atoms with Crippen molar-refractivity contribution in [2.45, 2.75) is 0 Å². The summed E-state index contributed by atoms with van der Waals surface area (Å²) in [6.07, 6.45) is 5.04. The number of halogens is 2. The Morgan fingerprint density at radius 1 is 0.966 bits per heavy atom. The van der Waals surface area contributed by atoms with E-state index >= 15 is 0 Å². The van der Waals surface area contributed by atoms with Crippen molar-refractivity contribution in [3.63, 3.8) is 0 Å². The standard InChI is InChI=1S/C21H17Cl2N5O/c22-14-2-5-16(6-3-14)24-10-11-25-20(29)18-13-28(21-26-8-1-9-27-21)19-12-15(23)4-7-17(18)19/h1-9,12-13,24H,10-11H2,(H,25,29). The molecule has 0 aliphatic carbocycles. The van der Waals surface area contributed by atoms with Crippen LogP contribution in [0.1, 0.15) is 10.4 Å². The second-order valence-electron chi connectivity index (χ2n) is 6.31. The Bertz CT molecular complexity index is 1140. The van der Waals surface area contributed by atoms with Crippen molar-refractivity contribution in [2.75, 3.05) is 18.4 Å². The van der Waals surface area contributed by atoms with Gasteiger partial charge in [0.05, 0.1) is 11.1 Å². The summed E-state index contributed by atoms with van der Waals surface area (Å²) in [5.41, 5.74) is 2.25. The highest BCUT2D eigenvalue weighted by molar-refractivity contribution is 6.31. The predicted octanol–water partition coefficient (Wildman–Crippen LogP) is 4.57. The zero-order chi connectivity index (χ0) is 20.2. The molecule has 4 aromatic rings. The van der Waals surface area contributed by atoms with E-state index in [9.17, 15) is 4.79 Å². The molecule has 0 saturated carbocycles. The summed E-state index contributed by atoms with van der Waals surface area (Å²) < 4.78 is 1.77. The monoisotopic (exact) mass is 425 g/mol. The topological polar surface area (TPSA) is 71.8 Å². The van der Waals surface area contributed by atoms with Crippen molar-refractivity contribution in [3.8, 4) is 5.95 Å². The maximum Gasteiger partial charge on any atom is 0.253 e. The van der Waals surface area contributed by atoms with E-state index in [2.05, 4.69) is 20.6 Å². The molecule has 2 N–H and O–H groups in total. The van der Waals surface area contributed by atoms with Crippen molar-refractivity contribution < 1.29 is 4.79 Å². The van der Waals surface area contributed by atoms with Gasteiger partial charge in [0, 0.05) is 52.8 Å². The quantitative estimate of drug-likeness (QED) is 0.443. The number of anilines is 1. The van der Waals surface area contributed by atoms with Crippen LogP contribution in [0.25, 0.3) is 16.9 Å². The molecule has 2 aromatic carbocycles. The van der Waals surface area contributed by atoms with Gasteiger partial charge in [0.15, 0.2) is 0 Å². The molecule has 1 amide bonds. The fraction of sp³-hybridized carbons (Fsp3) is 0.0952. The third kappa shape index (κ3) is 4.34. The molecule has 0 aliphatic rings. The summed E-state index contributed by atoms with van der Waals surface area (Å²) in [4.78, 5) is 21.3. The van der Waals surface area contributed by atoms with Gasteiger partial charge in [-0.25, -0.2) is 9.97 Å². The molecular weight excluding hydrogens is 409 g/mol. The van der Waals surface area contributed by atoms with E-state index < -0.39 is 0 Å². The number of fused-ring (bicyclic) bond motifs is 1. The van der Waals surface area contributed by atoms with Gasteiger partial charge in [-0.15, -0.1) is 0 Å². The number of nitrogens with one attached hydrogen (secondary N) is 2. The van der Waals surface area contributed by atoms with Gasteiger partial charge >= 0.3 is 0 Å². The maximum atomic E-state index is 12.8. The van der Waals surface area contributed by atoms with Crippen LogP contribution in [0.15, 0.2) is 67.1 Å². The summed E-state index contributed by atoms with van der Waals surface area (Å²) in [6, 6.07) is 14.5. The molecule has 0 atom stereocenters. The van der Waals surface area contributed by atoms with Crippen LogP contribution in [0.4, 0.5) is 5.69 Å². The fourth-order valence-electron chi connectivity index (χ4n) is 3.01. The summed E-state index contributed by atoms with van der Waals surface area (Å²) in [7, 11) is 0. The number of amides is 1. The zero-order valence-electron chi connectivity index (χ0n) is 15.3. The molecule has 0 unspecified atom stereocenters. The van der Waals surface area contributed by atoms with Crippen molar-refractivity contribution >= 4 is 45.7 Å². The van der Waals surface area contributed by atoms with E-state index in [1.165, 1.54) is 0 Å². The summed E-state index contributed by atoms with van der Waals surface area (Å²) >= 11 is 12.0. The molecule has 29 heavy (non-hydrogen) atoms. The molecule has 4 rings (SSSR count). The van der Waals surface area contributed by atoms with Crippen LogP contribution in [-0.2, 0) is 0 Å². The smallest absolute Gasteiger partial charge is 0.253 e. The highest BCUT2D eigenvalue weighted by Gasteiger charge is 2.17. The highest BCUT2D eigenvalue weighted by Crippen LogP contribution is 2.26. The van der Waals surface area contributed by atoms with Crippen molar-refractivity contribution in [2.24, 2.45) is 0 Å². The van der Waals surface area contributed by atoms with Crippen LogP contribution in [0.3, 0.4) is 0 Å². The number of benzene rings is 2. The van der Waals surface area contributed by atoms with Crippen molar-refractivity contribution in [3.05, 3.63) is 82.7 Å². The van der Waals surface area contributed by atoms with Crippen LogP contribution >= 0.6 is 23.2 Å². The van der Waals surface area contributed by atoms with Gasteiger partial charge in [0.25, 0.3) is 5.91 Å². The lowest BCUT2D eigenvalue weighted by Crippen LogP contribution is -2.28. The van der Waals surface area contributed by atoms with E-state index in [0.717, 1.165) is 16.6 Å². The van der Waals surface area contributed by atoms with Gasteiger partial charge < -0.3 is 10.6 Å². The van der Waals surface area contributed by atoms with E-state index in [1.807, 2.05) is 30.3 Å². The molecule has 0 fully saturated rings. The van der Waals surface area contributed by atoms with E-state index in [1.54, 1.807) is 41.4 Å². The van der Waals surface area contributed by atoms with E-state index in [4.69, 9.17) is 23.2 Å². The predicted molar refractivity (Wildman–Crippen MR) is 116 cm³/mol. The first-order chi connectivity index (χ1) is 14.1. The second kappa shape index (κ2) is 8.51. The minimum absolute atomic E-state index is 0.176. The van der Waals surface area contributed by atoms with Crippen molar-refractivity contribution in [1.82, 2.24) is 19.9 Å². The second-order valence-corrected chi connectivity index (χ2v) is 7.19. The number of carbonyl (C=O) groups is 1. The minimum Gasteiger partial charge on any atom is -0.383 e. The molecule has 0 radical (unpaired) electrons. The summed E-state index contributed by atoms with van der Waals surface area (Å²) in [5.74, 6) is 0.299. The Balaban J connectivity index is 1.51. The van der Waals surface area contributed by atoms with Crippen LogP contribution in [0.2, 0.25) is 10.0 Å². The first-order valence-electron chi connectivity index (χ1n) is 8.97. The Morgan fingerprint density at radius 3 is 2.45 bits per heavy atom. The molecule has 146 valence electrons. The fourth-order valence-corrected chi connectivity index (χ4v) is 3.30.